The van der Waals surface area contributed by atoms with Gasteiger partial charge < -0.3 is 14.4 Å². The summed E-state index contributed by atoms with van der Waals surface area (Å²) in [5.41, 5.74) is 4.23. The molecule has 1 N–H and O–H groups in total. The second-order valence-electron chi connectivity index (χ2n) is 9.99. The molecule has 0 aliphatic rings. The highest BCUT2D eigenvalue weighted by Gasteiger charge is 2.32. The molecule has 5 nitrogen and oxygen atoms in total. The monoisotopic (exact) mass is 565 g/mol. The molecule has 41 heavy (non-hydrogen) atoms. The van der Waals surface area contributed by atoms with E-state index in [-0.39, 0.29) is 30.3 Å². The number of halogens is 3. The summed E-state index contributed by atoms with van der Waals surface area (Å²) in [7, 11) is 0. The minimum atomic E-state index is -4.41. The van der Waals surface area contributed by atoms with E-state index in [1.807, 2.05) is 55.5 Å². The zero-order valence-electron chi connectivity index (χ0n) is 23.4. The number of aryl methyl sites for hydroxylation is 2. The van der Waals surface area contributed by atoms with E-state index in [1.165, 1.54) is 12.1 Å². The topological polar surface area (TPSA) is 72.6 Å². The second-order valence-corrected chi connectivity index (χ2v) is 9.99. The van der Waals surface area contributed by atoms with Crippen LogP contribution in [-0.4, -0.2) is 22.8 Å². The average Bonchev–Trinajstić information content (AvgIpc) is 3.35. The molecule has 0 aliphatic heterocycles. The molecule has 216 valence electrons. The number of hydrogen-bond acceptors (Lipinski definition) is 5. The molecule has 0 saturated heterocycles. The summed E-state index contributed by atoms with van der Waals surface area (Å²) < 4.78 is 50.7. The maximum absolute atomic E-state index is 13.3. The molecule has 0 saturated carbocycles. The van der Waals surface area contributed by atoms with Crippen LogP contribution >= 0.6 is 0 Å². The van der Waals surface area contributed by atoms with E-state index < -0.39 is 17.8 Å². The normalized spacial score (nSPS) is 13.1. The third kappa shape index (κ3) is 7.06. The van der Waals surface area contributed by atoms with Crippen molar-refractivity contribution in [1.29, 1.82) is 0 Å². The molecule has 1 heterocycles. The first-order chi connectivity index (χ1) is 19.6. The van der Waals surface area contributed by atoms with Crippen LogP contribution in [0, 0.1) is 6.92 Å². The first-order valence-electron chi connectivity index (χ1n) is 13.8. The maximum Gasteiger partial charge on any atom is 0.416 e. The van der Waals surface area contributed by atoms with Gasteiger partial charge in [-0.3, -0.25) is 4.79 Å². The fraction of sp³-hybridized carbons (Fsp3) is 0.333. The van der Waals surface area contributed by atoms with Crippen LogP contribution in [0.3, 0.4) is 0 Å². The number of aliphatic hydroxyl groups is 1. The highest BCUT2D eigenvalue weighted by molar-refractivity contribution is 5.78. The van der Waals surface area contributed by atoms with Crippen molar-refractivity contribution < 1.29 is 32.3 Å². The highest BCUT2D eigenvalue weighted by atomic mass is 19.4. The van der Waals surface area contributed by atoms with Crippen LogP contribution < -0.4 is 0 Å². The van der Waals surface area contributed by atoms with Gasteiger partial charge in [0.2, 0.25) is 0 Å². The Bertz CT molecular complexity index is 1440. The molecule has 2 unspecified atom stereocenters. The quantitative estimate of drug-likeness (QED) is 0.185. The van der Waals surface area contributed by atoms with Gasteiger partial charge >= 0.3 is 12.1 Å². The Labute approximate surface area is 238 Å². The molecule has 0 bridgehead atoms. The van der Waals surface area contributed by atoms with Crippen LogP contribution in [0.15, 0.2) is 77.3 Å². The summed E-state index contributed by atoms with van der Waals surface area (Å²) in [5, 5.41) is 15.0. The Balaban J connectivity index is 1.46. The van der Waals surface area contributed by atoms with Gasteiger partial charge in [0.1, 0.15) is 0 Å². The second kappa shape index (κ2) is 13.2. The van der Waals surface area contributed by atoms with Gasteiger partial charge in [0.25, 0.3) is 0 Å². The number of benzene rings is 3. The van der Waals surface area contributed by atoms with E-state index in [9.17, 15) is 23.1 Å². The average molecular weight is 566 g/mol. The summed E-state index contributed by atoms with van der Waals surface area (Å²) in [5.74, 6) is -0.0864. The number of rotatable bonds is 11. The number of alkyl halides is 3. The smallest absolute Gasteiger partial charge is 0.416 e. The number of carbonyl (C=O) groups is 1. The zero-order valence-corrected chi connectivity index (χ0v) is 23.4. The van der Waals surface area contributed by atoms with E-state index in [0.717, 1.165) is 28.3 Å². The van der Waals surface area contributed by atoms with Crippen LogP contribution in [0.25, 0.3) is 22.5 Å². The van der Waals surface area contributed by atoms with Crippen LogP contribution in [0.5, 0.6) is 0 Å². The first kappa shape index (κ1) is 30.1. The van der Waals surface area contributed by atoms with E-state index in [1.54, 1.807) is 19.9 Å². The maximum atomic E-state index is 13.3. The number of nitrogens with zero attached hydrogens (tertiary/aromatic N) is 1. The Hall–Kier alpha value is -3.91. The van der Waals surface area contributed by atoms with Crippen molar-refractivity contribution in [3.63, 3.8) is 0 Å². The van der Waals surface area contributed by atoms with Crippen molar-refractivity contribution in [2.45, 2.75) is 64.7 Å². The summed E-state index contributed by atoms with van der Waals surface area (Å²) in [4.78, 5) is 12.3. The largest absolute Gasteiger partial charge is 0.466 e. The molecule has 4 aromatic rings. The third-order valence-electron chi connectivity index (χ3n) is 7.26. The lowest BCUT2D eigenvalue weighted by Crippen LogP contribution is -2.15. The molecule has 1 aromatic heterocycles. The minimum Gasteiger partial charge on any atom is -0.466 e. The molecular weight excluding hydrogens is 531 g/mol. The molecule has 0 aliphatic carbocycles. The zero-order chi connectivity index (χ0) is 29.6. The van der Waals surface area contributed by atoms with Gasteiger partial charge in [0.05, 0.1) is 35.4 Å². The van der Waals surface area contributed by atoms with Crippen LogP contribution in [0.4, 0.5) is 13.2 Å². The van der Waals surface area contributed by atoms with E-state index >= 15 is 0 Å². The third-order valence-corrected chi connectivity index (χ3v) is 7.26. The van der Waals surface area contributed by atoms with Gasteiger partial charge in [-0.05, 0) is 67.9 Å². The SMILES string of the molecule is CCOC(=O)C(CC)c1ccc(-c2ccc(-c3onc(C)c3C(O)CCCc3ccccc3C(F)(F)F)cc2)cc1. The van der Waals surface area contributed by atoms with Crippen LogP contribution in [-0.2, 0) is 22.1 Å². The van der Waals surface area contributed by atoms with Gasteiger partial charge in [-0.25, -0.2) is 0 Å². The van der Waals surface area contributed by atoms with Gasteiger partial charge in [-0.2, -0.15) is 13.2 Å². The van der Waals surface area contributed by atoms with Crippen molar-refractivity contribution in [3.8, 4) is 22.5 Å². The van der Waals surface area contributed by atoms with Gasteiger partial charge in [0, 0.05) is 5.56 Å². The lowest BCUT2D eigenvalue weighted by atomic mass is 9.93. The van der Waals surface area contributed by atoms with Crippen LogP contribution in [0.1, 0.15) is 73.1 Å². The highest BCUT2D eigenvalue weighted by Crippen LogP contribution is 2.36. The van der Waals surface area contributed by atoms with Crippen molar-refractivity contribution in [1.82, 2.24) is 5.16 Å². The fourth-order valence-corrected chi connectivity index (χ4v) is 5.13. The Morgan fingerprint density at radius 3 is 2.17 bits per heavy atom. The lowest BCUT2D eigenvalue weighted by molar-refractivity contribution is -0.145. The number of esters is 1. The van der Waals surface area contributed by atoms with Crippen molar-refractivity contribution in [2.24, 2.45) is 0 Å². The minimum absolute atomic E-state index is 0.193. The Morgan fingerprint density at radius 1 is 0.951 bits per heavy atom. The van der Waals surface area contributed by atoms with Crippen molar-refractivity contribution in [2.75, 3.05) is 6.61 Å². The summed E-state index contributed by atoms with van der Waals surface area (Å²) in [6, 6.07) is 21.0. The van der Waals surface area contributed by atoms with Crippen molar-refractivity contribution >= 4 is 5.97 Å². The predicted octanol–water partition coefficient (Wildman–Crippen LogP) is 8.45. The van der Waals surface area contributed by atoms with Gasteiger partial charge in [-0.1, -0.05) is 78.8 Å². The summed E-state index contributed by atoms with van der Waals surface area (Å²) >= 11 is 0. The number of aromatic nitrogens is 1. The molecule has 3 aromatic carbocycles. The number of aliphatic hydroxyl groups excluding tert-OH is 1. The van der Waals surface area contributed by atoms with Crippen LogP contribution in [0.2, 0.25) is 0 Å². The fourth-order valence-electron chi connectivity index (χ4n) is 5.13. The summed E-state index contributed by atoms with van der Waals surface area (Å²) in [6.07, 6.45) is -3.88. The number of carbonyl (C=O) groups excluding carboxylic acids is 1. The Morgan fingerprint density at radius 2 is 1.56 bits per heavy atom. The van der Waals surface area contributed by atoms with E-state index in [4.69, 9.17) is 9.26 Å². The molecule has 0 radical (unpaired) electrons. The summed E-state index contributed by atoms with van der Waals surface area (Å²) in [6.45, 7) is 5.83. The van der Waals surface area contributed by atoms with E-state index in [2.05, 4.69) is 5.16 Å². The molecule has 0 amide bonds. The van der Waals surface area contributed by atoms with Gasteiger partial charge in [-0.15, -0.1) is 0 Å². The molecule has 4 rings (SSSR count). The lowest BCUT2D eigenvalue weighted by Gasteiger charge is -2.15. The molecule has 0 spiro atoms. The first-order valence-corrected chi connectivity index (χ1v) is 13.8. The number of ether oxygens (including phenoxy) is 1. The van der Waals surface area contributed by atoms with Crippen molar-refractivity contribution in [3.05, 3.63) is 101 Å². The molecule has 0 fully saturated rings. The Kier molecular flexibility index (Phi) is 9.65. The molecule has 8 heteroatoms. The predicted molar refractivity (Wildman–Crippen MR) is 151 cm³/mol. The van der Waals surface area contributed by atoms with Gasteiger partial charge in [0.15, 0.2) is 5.76 Å². The molecule has 2 atom stereocenters. The standard InChI is InChI=1S/C33H34F3NO4/c1-4-27(32(39)40-5-2)24-17-13-22(14-18-24)23-15-19-26(20-16-23)31-30(21(3)37-41-31)29(38)12-8-10-25-9-6-7-11-28(25)33(34,35)36/h6-7,9,11,13-20,27,29,38H,4-5,8,10,12H2,1-3H3. The number of hydrogen-bond donors (Lipinski definition) is 1. The van der Waals surface area contributed by atoms with E-state index in [0.29, 0.717) is 36.5 Å². The molecular formula is C33H34F3NO4.